The van der Waals surface area contributed by atoms with Gasteiger partial charge in [-0.3, -0.25) is 9.59 Å². The lowest BCUT2D eigenvalue weighted by atomic mass is 10.1. The second-order valence-electron chi connectivity index (χ2n) is 5.50. The van der Waals surface area contributed by atoms with Crippen molar-refractivity contribution >= 4 is 49.4 Å². The number of carbonyl (C=O) groups excluding carboxylic acids is 1. The lowest BCUT2D eigenvalue weighted by Gasteiger charge is -2.02. The zero-order valence-electron chi connectivity index (χ0n) is 13.3. The first-order valence-corrected chi connectivity index (χ1v) is 9.42. The van der Waals surface area contributed by atoms with Gasteiger partial charge in [-0.15, -0.1) is 11.3 Å². The number of hydrogen-bond acceptors (Lipinski definition) is 6. The van der Waals surface area contributed by atoms with E-state index in [0.717, 1.165) is 34.0 Å². The number of thiazole rings is 1. The molecule has 25 heavy (non-hydrogen) atoms. The molecule has 2 aromatic heterocycles. The Hall–Kier alpha value is -2.44. The van der Waals surface area contributed by atoms with Crippen molar-refractivity contribution < 1.29 is 9.21 Å². The first-order valence-electron chi connectivity index (χ1n) is 7.78. The van der Waals surface area contributed by atoms with Gasteiger partial charge in [0.2, 0.25) is 0 Å². The molecule has 0 N–H and O–H groups in total. The summed E-state index contributed by atoms with van der Waals surface area (Å²) in [6.07, 6.45) is 0.837. The Labute approximate surface area is 151 Å². The molecule has 0 spiro atoms. The molecule has 0 aliphatic carbocycles. The Balaban J connectivity index is 1.68. The van der Waals surface area contributed by atoms with Crippen LogP contribution >= 0.6 is 23.1 Å². The van der Waals surface area contributed by atoms with Gasteiger partial charge < -0.3 is 4.42 Å². The van der Waals surface area contributed by atoms with Crippen LogP contribution < -0.4 is 5.43 Å². The van der Waals surface area contributed by atoms with Crippen molar-refractivity contribution in [3.63, 3.8) is 0 Å². The summed E-state index contributed by atoms with van der Waals surface area (Å²) in [5.41, 5.74) is 2.14. The smallest absolute Gasteiger partial charge is 0.261 e. The summed E-state index contributed by atoms with van der Waals surface area (Å²) in [6, 6.07) is 14.4. The molecule has 0 aliphatic heterocycles. The Morgan fingerprint density at radius 2 is 2.04 bits per heavy atom. The van der Waals surface area contributed by atoms with E-state index in [1.165, 1.54) is 17.4 Å². The highest BCUT2D eigenvalue weighted by molar-refractivity contribution is 8.15. The number of thioether (sulfide) groups is 1. The third kappa shape index (κ3) is 3.10. The van der Waals surface area contributed by atoms with Crippen LogP contribution in [0.1, 0.15) is 23.0 Å². The van der Waals surface area contributed by atoms with Crippen LogP contribution in [-0.4, -0.2) is 10.1 Å². The molecule has 0 amide bonds. The zero-order chi connectivity index (χ0) is 17.4. The van der Waals surface area contributed by atoms with Gasteiger partial charge >= 0.3 is 0 Å². The van der Waals surface area contributed by atoms with E-state index in [9.17, 15) is 9.59 Å². The van der Waals surface area contributed by atoms with Crippen molar-refractivity contribution in [3.8, 4) is 0 Å². The number of aryl methyl sites for hydroxylation is 1. The lowest BCUT2D eigenvalue weighted by Crippen LogP contribution is -2.05. The first-order chi connectivity index (χ1) is 12.1. The molecule has 0 unspecified atom stereocenters. The number of para-hydroxylation sites is 1. The topological polar surface area (TPSA) is 60.2 Å². The molecule has 0 aliphatic rings. The molecule has 0 radical (unpaired) electrons. The second kappa shape index (κ2) is 6.46. The highest BCUT2D eigenvalue weighted by Gasteiger charge is 2.16. The average molecular weight is 367 g/mol. The fraction of sp³-hybridized carbons (Fsp3) is 0.105. The summed E-state index contributed by atoms with van der Waals surface area (Å²) >= 11 is 2.43. The Morgan fingerprint density at radius 1 is 1.20 bits per heavy atom. The fourth-order valence-electron chi connectivity index (χ4n) is 2.55. The van der Waals surface area contributed by atoms with Crippen molar-refractivity contribution in [3.05, 3.63) is 70.1 Å². The molecular formula is C19H13NO3S2. The molecule has 0 fully saturated rings. The van der Waals surface area contributed by atoms with E-state index in [1.807, 2.05) is 43.3 Å². The van der Waals surface area contributed by atoms with Gasteiger partial charge in [-0.25, -0.2) is 4.98 Å². The molecule has 0 bridgehead atoms. The Bertz CT molecular complexity index is 1130. The monoisotopic (exact) mass is 367 g/mol. The quantitative estimate of drug-likeness (QED) is 0.482. The van der Waals surface area contributed by atoms with Crippen LogP contribution in [-0.2, 0) is 6.42 Å². The molecule has 0 atom stereocenters. The third-order valence-corrected chi connectivity index (χ3v) is 5.84. The van der Waals surface area contributed by atoms with Gasteiger partial charge in [0.05, 0.1) is 15.6 Å². The van der Waals surface area contributed by atoms with Crippen LogP contribution in [0.15, 0.2) is 62.1 Å². The van der Waals surface area contributed by atoms with E-state index in [-0.39, 0.29) is 16.3 Å². The van der Waals surface area contributed by atoms with Crippen LogP contribution in [0.2, 0.25) is 0 Å². The number of aromatic nitrogens is 1. The maximum absolute atomic E-state index is 12.5. The van der Waals surface area contributed by atoms with Crippen LogP contribution in [0.4, 0.5) is 0 Å². The molecule has 0 saturated carbocycles. The van der Waals surface area contributed by atoms with Crippen LogP contribution in [0.25, 0.3) is 21.2 Å². The number of nitrogens with zero attached hydrogens (tertiary/aromatic N) is 1. The van der Waals surface area contributed by atoms with Crippen molar-refractivity contribution in [1.29, 1.82) is 0 Å². The highest BCUT2D eigenvalue weighted by atomic mass is 32.2. The molecule has 4 rings (SSSR count). The van der Waals surface area contributed by atoms with Gasteiger partial charge in [-0.1, -0.05) is 25.1 Å². The molecule has 124 valence electrons. The number of hydrogen-bond donors (Lipinski definition) is 0. The van der Waals surface area contributed by atoms with Gasteiger partial charge in [0.1, 0.15) is 5.58 Å². The number of rotatable bonds is 3. The largest absolute Gasteiger partial charge is 0.452 e. The van der Waals surface area contributed by atoms with E-state index < -0.39 is 0 Å². The molecule has 6 heteroatoms. The maximum Gasteiger partial charge on any atom is 0.261 e. The van der Waals surface area contributed by atoms with E-state index >= 15 is 0 Å². The van der Waals surface area contributed by atoms with Crippen LogP contribution in [0.3, 0.4) is 0 Å². The summed E-state index contributed by atoms with van der Waals surface area (Å²) in [7, 11) is 0. The van der Waals surface area contributed by atoms with Crippen LogP contribution in [0, 0.1) is 0 Å². The van der Waals surface area contributed by atoms with E-state index in [1.54, 1.807) is 6.07 Å². The van der Waals surface area contributed by atoms with Gasteiger partial charge in [-0.05, 0) is 48.0 Å². The minimum atomic E-state index is -0.322. The molecule has 4 nitrogen and oxygen atoms in total. The predicted molar refractivity (Wildman–Crippen MR) is 102 cm³/mol. The summed E-state index contributed by atoms with van der Waals surface area (Å²) in [5, 5.41) is 0.179. The number of benzene rings is 2. The Morgan fingerprint density at radius 3 is 2.84 bits per heavy atom. The van der Waals surface area contributed by atoms with Crippen molar-refractivity contribution in [2.75, 3.05) is 0 Å². The van der Waals surface area contributed by atoms with Gasteiger partial charge in [0.25, 0.3) is 5.12 Å². The molecule has 2 heterocycles. The van der Waals surface area contributed by atoms with E-state index in [0.29, 0.717) is 15.3 Å². The molecule has 2 aromatic carbocycles. The van der Waals surface area contributed by atoms with Crippen molar-refractivity contribution in [2.45, 2.75) is 17.7 Å². The summed E-state index contributed by atoms with van der Waals surface area (Å²) in [6.45, 7) is 2.02. The summed E-state index contributed by atoms with van der Waals surface area (Å²) < 4.78 is 7.31. The molecule has 0 saturated heterocycles. The minimum Gasteiger partial charge on any atom is -0.452 e. The maximum atomic E-state index is 12.5. The fourth-order valence-corrected chi connectivity index (χ4v) is 4.41. The predicted octanol–water partition coefficient (Wildman–Crippen LogP) is 4.90. The summed E-state index contributed by atoms with van der Waals surface area (Å²) in [4.78, 5) is 29.3. The standard InChI is InChI=1S/C19H13NO3S2/c1-2-11-7-8-15-12(9-11)14(21)10-16(23-15)18(22)25-19-20-13-5-3-4-6-17(13)24-19/h3-10H,2H2,1H3. The first kappa shape index (κ1) is 16.1. The second-order valence-corrected chi connectivity index (χ2v) is 7.75. The van der Waals surface area contributed by atoms with Crippen molar-refractivity contribution in [1.82, 2.24) is 4.98 Å². The van der Waals surface area contributed by atoms with Gasteiger partial charge in [0.15, 0.2) is 15.5 Å². The highest BCUT2D eigenvalue weighted by Crippen LogP contribution is 2.31. The zero-order valence-corrected chi connectivity index (χ0v) is 14.9. The number of carbonyl (C=O) groups is 1. The van der Waals surface area contributed by atoms with Gasteiger partial charge in [0, 0.05) is 6.07 Å². The Kier molecular flexibility index (Phi) is 4.15. The van der Waals surface area contributed by atoms with E-state index in [4.69, 9.17) is 4.42 Å². The minimum absolute atomic E-state index is 0.0472. The SMILES string of the molecule is CCc1ccc2oc(C(=O)Sc3nc4ccccc4s3)cc(=O)c2c1. The summed E-state index contributed by atoms with van der Waals surface area (Å²) in [5.74, 6) is 0.0472. The van der Waals surface area contributed by atoms with E-state index in [2.05, 4.69) is 4.98 Å². The lowest BCUT2D eigenvalue weighted by molar-refractivity contribution is 0.106. The third-order valence-electron chi connectivity index (χ3n) is 3.86. The van der Waals surface area contributed by atoms with Crippen molar-refractivity contribution in [2.24, 2.45) is 0 Å². The molecular weight excluding hydrogens is 354 g/mol. The number of fused-ring (bicyclic) bond motifs is 2. The molecule has 4 aromatic rings. The van der Waals surface area contributed by atoms with Crippen LogP contribution in [0.5, 0.6) is 0 Å². The normalized spacial score (nSPS) is 11.2. The van der Waals surface area contributed by atoms with Gasteiger partial charge in [-0.2, -0.15) is 0 Å². The average Bonchev–Trinajstić information content (AvgIpc) is 3.03.